The molecule has 0 bridgehead atoms. The van der Waals surface area contributed by atoms with Gasteiger partial charge in [0.1, 0.15) is 17.6 Å². The summed E-state index contributed by atoms with van der Waals surface area (Å²) in [7, 11) is -17.8. The van der Waals surface area contributed by atoms with Crippen LogP contribution < -0.4 is 9.44 Å². The van der Waals surface area contributed by atoms with E-state index in [0.717, 1.165) is 59.3 Å². The van der Waals surface area contributed by atoms with Crippen LogP contribution in [0.2, 0.25) is 0 Å². The highest BCUT2D eigenvalue weighted by Crippen LogP contribution is 2.49. The van der Waals surface area contributed by atoms with E-state index in [1.54, 1.807) is 60.7 Å². The second kappa shape index (κ2) is 41.3. The van der Waals surface area contributed by atoms with Gasteiger partial charge in [-0.1, -0.05) is 121 Å². The molecule has 2 saturated heterocycles. The van der Waals surface area contributed by atoms with Gasteiger partial charge in [-0.2, -0.15) is 34.9 Å². The number of esters is 5. The lowest BCUT2D eigenvalue weighted by molar-refractivity contribution is -0.152. The van der Waals surface area contributed by atoms with Gasteiger partial charge in [-0.15, -0.1) is 0 Å². The number of hydrogen-bond acceptors (Lipinski definition) is 20. The molecule has 0 unspecified atom stereocenters. The Kier molecular flexibility index (Phi) is 35.4. The number of nitrogens with zero attached hydrogens (tertiary/aromatic N) is 2. The van der Waals surface area contributed by atoms with Gasteiger partial charge in [0, 0.05) is 33.9 Å². The summed E-state index contributed by atoms with van der Waals surface area (Å²) in [5.74, 6) is -2.92. The van der Waals surface area contributed by atoms with Crippen molar-refractivity contribution in [2.24, 2.45) is 0 Å². The number of piperidine rings is 2. The predicted octanol–water partition coefficient (Wildman–Crippen LogP) is 7.92. The van der Waals surface area contributed by atoms with Crippen LogP contribution in [0.15, 0.2) is 121 Å². The normalized spacial score (nSPS) is 16.3. The topological polar surface area (TPSA) is 342 Å². The fraction of sp³-hybridized carbons (Fsp3) is 0.508. The molecule has 0 radical (unpaired) electrons. The molecule has 0 saturated carbocycles. The number of nitrogens with one attached hydrogen (secondary N) is 2. The highest BCUT2D eigenvalue weighted by atomic mass is 79.9. The second-order valence-corrected chi connectivity index (χ2v) is 27.2. The maximum Gasteiger partial charge on any atom is 0.480 e. The molecule has 0 aromatic heterocycles. The molecule has 4 atom stereocenters. The number of phosphoric ester groups is 2. The number of phosphoric acid groups is 2. The minimum Gasteiger partial charge on any atom is -0.464 e. The van der Waals surface area contributed by atoms with Crippen molar-refractivity contribution in [3.63, 3.8) is 0 Å². The van der Waals surface area contributed by atoms with Crippen LogP contribution in [-0.2, 0) is 121 Å². The fourth-order valence-electron chi connectivity index (χ4n) is 9.07. The van der Waals surface area contributed by atoms with Crippen molar-refractivity contribution < 1.29 is 102 Å². The number of carbonyl (C=O) groups is 5. The lowest BCUT2D eigenvalue weighted by atomic mass is 10.1. The Morgan fingerprint density at radius 3 is 1.20 bits per heavy atom. The summed E-state index contributed by atoms with van der Waals surface area (Å²) in [5.41, 5.74) is 4.17. The molecular formula is C59H83BrN4O22P2S2. The van der Waals surface area contributed by atoms with Crippen molar-refractivity contribution in [3.8, 4) is 0 Å². The van der Waals surface area contributed by atoms with E-state index in [4.69, 9.17) is 32.8 Å². The van der Waals surface area contributed by atoms with Gasteiger partial charge in [0.2, 0.25) is 13.6 Å². The minimum atomic E-state index is -4.81. The van der Waals surface area contributed by atoms with Crippen molar-refractivity contribution in [2.45, 2.75) is 135 Å². The van der Waals surface area contributed by atoms with Crippen molar-refractivity contribution in [1.82, 2.24) is 18.1 Å². The third kappa shape index (κ3) is 31.8. The summed E-state index contributed by atoms with van der Waals surface area (Å²) >= 11 is 2.91. The number of halogens is 1. The first-order valence-electron chi connectivity index (χ1n) is 29.2. The van der Waals surface area contributed by atoms with Crippen LogP contribution in [0, 0.1) is 0 Å². The zero-order valence-electron chi connectivity index (χ0n) is 50.7. The number of ether oxygens (including phenoxy) is 5. The van der Waals surface area contributed by atoms with E-state index in [2.05, 4.69) is 44.1 Å². The van der Waals surface area contributed by atoms with Crippen LogP contribution in [0.4, 0.5) is 0 Å². The molecule has 2 fully saturated rings. The van der Waals surface area contributed by atoms with E-state index in [9.17, 15) is 49.9 Å². The highest BCUT2D eigenvalue weighted by Gasteiger charge is 2.41. The smallest absolute Gasteiger partial charge is 0.464 e. The van der Waals surface area contributed by atoms with E-state index in [1.807, 2.05) is 60.7 Å². The summed E-state index contributed by atoms with van der Waals surface area (Å²) in [6.07, 6.45) is 8.01. The van der Waals surface area contributed by atoms with E-state index in [1.165, 1.54) is 18.1 Å². The van der Waals surface area contributed by atoms with Crippen molar-refractivity contribution in [3.05, 3.63) is 144 Å². The molecule has 2 aliphatic rings. The van der Waals surface area contributed by atoms with Crippen LogP contribution in [0.3, 0.4) is 0 Å². The molecule has 500 valence electrons. The Hall–Kier alpha value is -5.33. The van der Waals surface area contributed by atoms with Crippen LogP contribution in [0.5, 0.6) is 0 Å². The van der Waals surface area contributed by atoms with Gasteiger partial charge in [0.15, 0.2) is 0 Å². The Balaban J connectivity index is 0.000000360. The molecule has 4 aromatic carbocycles. The van der Waals surface area contributed by atoms with E-state index in [-0.39, 0.29) is 45.1 Å². The average Bonchev–Trinajstić information content (AvgIpc) is 1.38. The van der Waals surface area contributed by atoms with E-state index in [0.29, 0.717) is 56.9 Å². The summed E-state index contributed by atoms with van der Waals surface area (Å²) in [5, 5.41) is 0. The lowest BCUT2D eigenvalue weighted by Crippen LogP contribution is -2.55. The number of rotatable bonds is 35. The molecule has 0 aliphatic carbocycles. The summed E-state index contributed by atoms with van der Waals surface area (Å²) in [6, 6.07) is 33.8. The SMILES string of the molecule is CC(=O)OCBr.CC(=O)OCOP(=O)(OCOC(C)=O)OC[C@@H](Cc1ccccc1)NS(=O)(=O)N1CCCC[C@H]1C(=O)OCCCCc1ccccc1.O=C(OCCCCc1ccccc1)[C@@H]1CCCCN1S(=O)(=O)N[C@@H](COP(=O)(O)O)Cc1ccccc1. The van der Waals surface area contributed by atoms with Crippen molar-refractivity contribution in [2.75, 3.05) is 58.6 Å². The lowest BCUT2D eigenvalue weighted by Gasteiger charge is -2.34. The largest absolute Gasteiger partial charge is 0.480 e. The van der Waals surface area contributed by atoms with Gasteiger partial charge < -0.3 is 33.5 Å². The Bertz CT molecular complexity index is 3080. The maximum absolute atomic E-state index is 13.8. The molecular weight excluding hydrogens is 1320 g/mol. The Morgan fingerprint density at radius 1 is 0.511 bits per heavy atom. The van der Waals surface area contributed by atoms with E-state index < -0.39 is 111 Å². The number of unbranched alkanes of at least 4 members (excludes halogenated alkanes) is 2. The average molecular weight is 1410 g/mol. The number of alkyl halides is 1. The molecule has 2 aliphatic heterocycles. The Labute approximate surface area is 535 Å². The van der Waals surface area contributed by atoms with Crippen molar-refractivity contribution in [1.29, 1.82) is 0 Å². The highest BCUT2D eigenvalue weighted by molar-refractivity contribution is 9.09. The van der Waals surface area contributed by atoms with Crippen LogP contribution in [-0.4, -0.2) is 148 Å². The minimum absolute atomic E-state index is 0.0947. The summed E-state index contributed by atoms with van der Waals surface area (Å²) in [6.45, 7) is 1.51. The fourth-order valence-corrected chi connectivity index (χ4v) is 13.9. The van der Waals surface area contributed by atoms with Crippen LogP contribution in [0.25, 0.3) is 0 Å². The second-order valence-electron chi connectivity index (χ2n) is 20.5. The van der Waals surface area contributed by atoms with Gasteiger partial charge in [-0.05, 0) is 128 Å². The molecule has 0 spiro atoms. The molecule has 4 aromatic rings. The van der Waals surface area contributed by atoms with Crippen molar-refractivity contribution >= 4 is 81.8 Å². The third-order valence-corrected chi connectivity index (χ3v) is 18.7. The molecule has 90 heavy (non-hydrogen) atoms. The molecule has 0 amide bonds. The molecule has 2 heterocycles. The summed E-state index contributed by atoms with van der Waals surface area (Å²) < 4.78 is 131. The molecule has 6 rings (SSSR count). The summed E-state index contributed by atoms with van der Waals surface area (Å²) in [4.78, 5) is 76.3. The van der Waals surface area contributed by atoms with Gasteiger partial charge in [0.05, 0.1) is 38.5 Å². The van der Waals surface area contributed by atoms with Gasteiger partial charge >= 0.3 is 45.5 Å². The first-order valence-corrected chi connectivity index (χ1v) is 36.1. The molecule has 26 nitrogen and oxygen atoms in total. The monoisotopic (exact) mass is 1400 g/mol. The zero-order chi connectivity index (χ0) is 65.8. The first-order chi connectivity index (χ1) is 42.9. The number of carbonyl (C=O) groups excluding carboxylic acids is 5. The predicted molar refractivity (Wildman–Crippen MR) is 334 cm³/mol. The van der Waals surface area contributed by atoms with Crippen LogP contribution in [0.1, 0.15) is 107 Å². The van der Waals surface area contributed by atoms with Gasteiger partial charge in [-0.25, -0.2) is 18.2 Å². The standard InChI is InChI=1S/C31H43N2O12PS.C25H35N2O8PS.C3H5BrO2/c1-25(34)41-23-44-46(37,45-24-42-26(2)35)43-22-29(21-28-16-7-4-8-17-28)32-47(38,39)33-19-11-9-18-30(33)31(36)40-20-12-10-15-27-13-5-3-6-14-27;28-25(34-18-10-8-13-21-11-3-1-4-12-21)24-16-7-9-17-27(24)37(32,33)26-23(20-35-36(29,30)31)19-22-14-5-2-6-15-22;1-3(5)6-2-4/h3-8,13-14,16-17,29-30,32H,9-12,15,18-24H2,1-2H3;1-6,11-12,14-15,23-24,26H,7-10,13,16-20H2,(H2,29,30,31);2H2,1H3/t29-,30+;23-,24+;/m11./s1. The zero-order valence-corrected chi connectivity index (χ0v) is 55.7. The van der Waals surface area contributed by atoms with Gasteiger partial charge in [0.25, 0.3) is 20.4 Å². The van der Waals surface area contributed by atoms with Crippen LogP contribution >= 0.6 is 31.6 Å². The van der Waals surface area contributed by atoms with Gasteiger partial charge in [-0.3, -0.25) is 33.0 Å². The molecule has 31 heteroatoms. The third-order valence-electron chi connectivity index (χ3n) is 13.3. The Morgan fingerprint density at radius 2 is 0.867 bits per heavy atom. The number of benzene rings is 4. The maximum atomic E-state index is 13.8. The van der Waals surface area contributed by atoms with E-state index >= 15 is 0 Å². The number of hydrogen-bond donors (Lipinski definition) is 4. The first kappa shape index (κ1) is 77.1. The molecule has 4 N–H and O–H groups in total. The number of aryl methyl sites for hydroxylation is 2. The quantitative estimate of drug-likeness (QED) is 0.00848.